The lowest BCUT2D eigenvalue weighted by molar-refractivity contribution is -0.140. The molecule has 1 aliphatic carbocycles. The first-order chi connectivity index (χ1) is 12.3. The first kappa shape index (κ1) is 18.3. The summed E-state index contributed by atoms with van der Waals surface area (Å²) in [6, 6.07) is 9.64. The molecule has 0 saturated heterocycles. The van der Waals surface area contributed by atoms with Gasteiger partial charge in [0, 0.05) is 17.3 Å². The Kier molecular flexibility index (Phi) is 4.96. The van der Waals surface area contributed by atoms with Gasteiger partial charge in [0.15, 0.2) is 0 Å². The van der Waals surface area contributed by atoms with Crippen LogP contribution < -0.4 is 10.6 Å². The van der Waals surface area contributed by atoms with Gasteiger partial charge in [-0.2, -0.15) is 8.78 Å². The van der Waals surface area contributed by atoms with Crippen molar-refractivity contribution in [3.05, 3.63) is 64.2 Å². The van der Waals surface area contributed by atoms with Gasteiger partial charge in [-0.15, -0.1) is 0 Å². The monoisotopic (exact) mass is 378 g/mol. The second-order valence-corrected chi connectivity index (χ2v) is 6.74. The highest BCUT2D eigenvalue weighted by atomic mass is 35.5. The molecule has 1 saturated carbocycles. The van der Waals surface area contributed by atoms with Crippen LogP contribution in [0.25, 0.3) is 0 Å². The van der Waals surface area contributed by atoms with Crippen molar-refractivity contribution in [2.24, 2.45) is 0 Å². The molecule has 2 aromatic rings. The van der Waals surface area contributed by atoms with E-state index in [0.717, 1.165) is 18.4 Å². The Balaban J connectivity index is 1.78. The largest absolute Gasteiger partial charge is 0.350 e. The molecular weight excluding hydrogens is 362 g/mol. The Morgan fingerprint density at radius 2 is 1.77 bits per heavy atom. The molecule has 0 aliphatic heterocycles. The van der Waals surface area contributed by atoms with E-state index in [4.69, 9.17) is 11.6 Å². The number of anilines is 1. The number of hydrogen-bond acceptors (Lipinski definition) is 2. The second kappa shape index (κ2) is 7.03. The van der Waals surface area contributed by atoms with Crippen LogP contribution in [0.1, 0.15) is 34.3 Å². The van der Waals surface area contributed by atoms with Crippen LogP contribution in [-0.4, -0.2) is 17.9 Å². The quantitative estimate of drug-likeness (QED) is 0.816. The molecule has 3 rings (SSSR count). The van der Waals surface area contributed by atoms with Crippen molar-refractivity contribution in [3.8, 4) is 0 Å². The van der Waals surface area contributed by atoms with Crippen molar-refractivity contribution in [1.82, 2.24) is 5.32 Å². The normalized spacial score (nSPS) is 14.0. The summed E-state index contributed by atoms with van der Waals surface area (Å²) in [6.45, 7) is 1.77. The summed E-state index contributed by atoms with van der Waals surface area (Å²) in [7, 11) is 0. The van der Waals surface area contributed by atoms with Crippen molar-refractivity contribution >= 4 is 29.1 Å². The highest BCUT2D eigenvalue weighted by Gasteiger charge is 2.41. The average Bonchev–Trinajstić information content (AvgIpc) is 3.40. The molecule has 4 nitrogen and oxygen atoms in total. The van der Waals surface area contributed by atoms with Crippen molar-refractivity contribution in [3.63, 3.8) is 0 Å². The molecule has 2 amide bonds. The van der Waals surface area contributed by atoms with Gasteiger partial charge in [0.25, 0.3) is 11.8 Å². The fraction of sp³-hybridized carbons (Fsp3) is 0.263. The van der Waals surface area contributed by atoms with E-state index in [0.29, 0.717) is 0 Å². The minimum absolute atomic E-state index is 0.0760. The molecule has 0 radical (unpaired) electrons. The number of amides is 2. The zero-order valence-electron chi connectivity index (χ0n) is 14.0. The van der Waals surface area contributed by atoms with Crippen molar-refractivity contribution < 1.29 is 18.4 Å². The maximum absolute atomic E-state index is 14.4. The van der Waals surface area contributed by atoms with Crippen molar-refractivity contribution in [2.45, 2.75) is 31.7 Å². The third-order valence-corrected chi connectivity index (χ3v) is 4.41. The minimum Gasteiger partial charge on any atom is -0.349 e. The van der Waals surface area contributed by atoms with E-state index in [-0.39, 0.29) is 28.2 Å². The number of benzene rings is 2. The summed E-state index contributed by atoms with van der Waals surface area (Å²) in [4.78, 5) is 24.2. The Hall–Kier alpha value is -2.47. The highest BCUT2D eigenvalue weighted by molar-refractivity contribution is 6.34. The molecule has 0 bridgehead atoms. The molecule has 2 aromatic carbocycles. The van der Waals surface area contributed by atoms with E-state index in [2.05, 4.69) is 10.6 Å². The molecule has 1 aliphatic rings. The van der Waals surface area contributed by atoms with E-state index < -0.39 is 17.4 Å². The lowest BCUT2D eigenvalue weighted by Crippen LogP contribution is -2.32. The van der Waals surface area contributed by atoms with Crippen LogP contribution in [0.4, 0.5) is 14.5 Å². The number of nitrogens with one attached hydrogen (secondary N) is 2. The molecule has 0 atom stereocenters. The number of aryl methyl sites for hydroxylation is 1. The van der Waals surface area contributed by atoms with E-state index in [1.54, 1.807) is 6.92 Å². The Bertz CT molecular complexity index is 849. The van der Waals surface area contributed by atoms with Gasteiger partial charge < -0.3 is 10.6 Å². The lowest BCUT2D eigenvalue weighted by Gasteiger charge is -2.17. The van der Waals surface area contributed by atoms with Gasteiger partial charge in [-0.1, -0.05) is 41.4 Å². The standard InChI is InChI=1S/C19H17ClF2N2O2/c1-11-2-4-12(5-3-11)19(21,22)18(26)24-14-8-9-16(20)15(10-14)17(25)23-13-6-7-13/h2-5,8-10,13H,6-7H2,1H3,(H,23,25)(H,24,26). The van der Waals surface area contributed by atoms with E-state index in [9.17, 15) is 18.4 Å². The fourth-order valence-corrected chi connectivity index (χ4v) is 2.57. The zero-order chi connectivity index (χ0) is 18.9. The highest BCUT2D eigenvalue weighted by Crippen LogP contribution is 2.30. The summed E-state index contributed by atoms with van der Waals surface area (Å²) in [6.07, 6.45) is 1.81. The lowest BCUT2D eigenvalue weighted by atomic mass is 10.1. The van der Waals surface area contributed by atoms with Gasteiger partial charge in [-0.25, -0.2) is 0 Å². The number of rotatable bonds is 5. The van der Waals surface area contributed by atoms with Crippen LogP contribution in [-0.2, 0) is 10.7 Å². The number of alkyl halides is 2. The predicted molar refractivity (Wildman–Crippen MR) is 95.6 cm³/mol. The molecule has 1 fully saturated rings. The smallest absolute Gasteiger partial charge is 0.349 e. The number of hydrogen-bond donors (Lipinski definition) is 2. The predicted octanol–water partition coefficient (Wildman–Crippen LogP) is 4.27. The molecule has 0 spiro atoms. The van der Waals surface area contributed by atoms with Crippen LogP contribution in [0.2, 0.25) is 5.02 Å². The molecule has 0 heterocycles. The van der Waals surface area contributed by atoms with E-state index in [1.165, 1.54) is 42.5 Å². The summed E-state index contributed by atoms with van der Waals surface area (Å²) in [5, 5.41) is 5.11. The van der Waals surface area contributed by atoms with E-state index in [1.807, 2.05) is 0 Å². The zero-order valence-corrected chi connectivity index (χ0v) is 14.7. The van der Waals surface area contributed by atoms with Crippen molar-refractivity contribution in [1.29, 1.82) is 0 Å². The second-order valence-electron chi connectivity index (χ2n) is 6.34. The van der Waals surface area contributed by atoms with Gasteiger partial charge >= 0.3 is 5.92 Å². The molecule has 26 heavy (non-hydrogen) atoms. The Morgan fingerprint density at radius 1 is 1.12 bits per heavy atom. The molecule has 2 N–H and O–H groups in total. The average molecular weight is 379 g/mol. The number of halogens is 3. The van der Waals surface area contributed by atoms with Gasteiger partial charge in [-0.05, 0) is 38.0 Å². The van der Waals surface area contributed by atoms with Gasteiger partial charge in [0.1, 0.15) is 0 Å². The first-order valence-corrected chi connectivity index (χ1v) is 8.52. The fourth-order valence-electron chi connectivity index (χ4n) is 2.37. The van der Waals surface area contributed by atoms with Gasteiger partial charge in [-0.3, -0.25) is 9.59 Å². The Labute approximate surface area is 154 Å². The summed E-state index contributed by atoms with van der Waals surface area (Å²) < 4.78 is 28.7. The molecule has 0 unspecified atom stereocenters. The summed E-state index contributed by atoms with van der Waals surface area (Å²) in [5.41, 5.74) is 0.623. The first-order valence-electron chi connectivity index (χ1n) is 8.14. The van der Waals surface area contributed by atoms with Crippen LogP contribution in [0.3, 0.4) is 0 Å². The molecule has 136 valence electrons. The summed E-state index contributed by atoms with van der Waals surface area (Å²) in [5.74, 6) is -5.57. The van der Waals surface area contributed by atoms with Gasteiger partial charge in [0.2, 0.25) is 0 Å². The maximum atomic E-state index is 14.4. The molecular formula is C19H17ClF2N2O2. The van der Waals surface area contributed by atoms with Crippen LogP contribution in [0.5, 0.6) is 0 Å². The number of carbonyl (C=O) groups excluding carboxylic acids is 2. The van der Waals surface area contributed by atoms with E-state index >= 15 is 0 Å². The third-order valence-electron chi connectivity index (χ3n) is 4.08. The molecule has 0 aromatic heterocycles. The number of carbonyl (C=O) groups is 2. The Morgan fingerprint density at radius 3 is 2.38 bits per heavy atom. The van der Waals surface area contributed by atoms with Crippen molar-refractivity contribution in [2.75, 3.05) is 5.32 Å². The maximum Gasteiger partial charge on any atom is 0.350 e. The minimum atomic E-state index is -3.70. The SMILES string of the molecule is Cc1ccc(C(F)(F)C(=O)Nc2ccc(Cl)c(C(=O)NC3CC3)c2)cc1. The summed E-state index contributed by atoms with van der Waals surface area (Å²) >= 11 is 6.01. The molecule has 7 heteroatoms. The third kappa shape index (κ3) is 4.02. The van der Waals surface area contributed by atoms with Crippen LogP contribution in [0, 0.1) is 6.92 Å². The topological polar surface area (TPSA) is 58.2 Å². The van der Waals surface area contributed by atoms with Crippen LogP contribution in [0.15, 0.2) is 42.5 Å². The van der Waals surface area contributed by atoms with Crippen LogP contribution >= 0.6 is 11.6 Å². The van der Waals surface area contributed by atoms with Gasteiger partial charge in [0.05, 0.1) is 10.6 Å².